The van der Waals surface area contributed by atoms with Crippen LogP contribution in [0.4, 0.5) is 4.39 Å². The first kappa shape index (κ1) is 21.7. The highest BCUT2D eigenvalue weighted by Gasteiger charge is 2.24. The Labute approximate surface area is 192 Å². The lowest BCUT2D eigenvalue weighted by atomic mass is 9.97. The number of carbonyl (C=O) groups excluding carboxylic acids is 1. The van der Waals surface area contributed by atoms with Crippen molar-refractivity contribution >= 4 is 5.91 Å². The average molecular weight is 450 g/mol. The van der Waals surface area contributed by atoms with Crippen molar-refractivity contribution < 1.29 is 13.9 Å². The number of benzene rings is 2. The summed E-state index contributed by atoms with van der Waals surface area (Å²) in [5.74, 6) is -0.393. The minimum atomic E-state index is -0.227. The number of hydrogen-bond acceptors (Lipinski definition) is 5. The Bertz CT molecular complexity index is 1160. The molecule has 5 rings (SSSR count). The topological polar surface area (TPSA) is 72.3 Å². The number of amides is 1. The molecule has 0 saturated carbocycles. The van der Waals surface area contributed by atoms with Gasteiger partial charge in [0.05, 0.1) is 17.5 Å². The molecule has 1 fully saturated rings. The lowest BCUT2D eigenvalue weighted by Crippen LogP contribution is -2.32. The molecule has 0 aliphatic carbocycles. The lowest BCUT2D eigenvalue weighted by Gasteiger charge is -2.30. The van der Waals surface area contributed by atoms with Gasteiger partial charge in [-0.3, -0.25) is 9.69 Å². The summed E-state index contributed by atoms with van der Waals surface area (Å²) < 4.78 is 21.4. The first-order valence-corrected chi connectivity index (χ1v) is 11.5. The van der Waals surface area contributed by atoms with Gasteiger partial charge in [0.1, 0.15) is 5.82 Å². The summed E-state index contributed by atoms with van der Waals surface area (Å²) in [7, 11) is 0. The summed E-state index contributed by atoms with van der Waals surface area (Å²) >= 11 is 0. The van der Waals surface area contributed by atoms with Gasteiger partial charge in [0.2, 0.25) is 0 Å². The number of aromatic nitrogens is 3. The van der Waals surface area contributed by atoms with Crippen molar-refractivity contribution in [1.29, 1.82) is 0 Å². The van der Waals surface area contributed by atoms with Gasteiger partial charge in [0.25, 0.3) is 5.91 Å². The van der Waals surface area contributed by atoms with E-state index >= 15 is 0 Å². The molecule has 172 valence electrons. The molecule has 1 N–H and O–H groups in total. The van der Waals surface area contributed by atoms with Crippen LogP contribution in [0.15, 0.2) is 42.5 Å². The summed E-state index contributed by atoms with van der Waals surface area (Å²) in [6.45, 7) is 5.25. The number of hydrogen-bond donors (Lipinski definition) is 1. The van der Waals surface area contributed by atoms with Crippen LogP contribution in [-0.4, -0.2) is 51.6 Å². The second-order valence-electron chi connectivity index (χ2n) is 8.75. The molecule has 1 atom stereocenters. The number of ether oxygens (including phenoxy) is 1. The van der Waals surface area contributed by atoms with Crippen molar-refractivity contribution in [3.05, 3.63) is 76.4 Å². The number of halogens is 1. The van der Waals surface area contributed by atoms with Gasteiger partial charge >= 0.3 is 0 Å². The minimum Gasteiger partial charge on any atom is -0.376 e. The van der Waals surface area contributed by atoms with Gasteiger partial charge in [-0.25, -0.2) is 9.07 Å². The summed E-state index contributed by atoms with van der Waals surface area (Å²) in [5, 5.41) is 11.4. The normalized spacial score (nSPS) is 18.3. The molecule has 0 spiro atoms. The zero-order chi connectivity index (χ0) is 22.8. The Balaban J connectivity index is 1.32. The first-order valence-electron chi connectivity index (χ1n) is 11.5. The van der Waals surface area contributed by atoms with Crippen LogP contribution in [0.1, 0.15) is 45.7 Å². The number of carbonyl (C=O) groups is 1. The van der Waals surface area contributed by atoms with Crippen molar-refractivity contribution in [1.82, 2.24) is 25.2 Å². The molecule has 33 heavy (non-hydrogen) atoms. The Morgan fingerprint density at radius 1 is 1.24 bits per heavy atom. The van der Waals surface area contributed by atoms with Crippen molar-refractivity contribution in [2.24, 2.45) is 0 Å². The van der Waals surface area contributed by atoms with E-state index in [4.69, 9.17) is 4.74 Å². The maximum absolute atomic E-state index is 14.1. The van der Waals surface area contributed by atoms with Crippen LogP contribution >= 0.6 is 0 Å². The molecule has 2 aliphatic rings. The highest BCUT2D eigenvalue weighted by Crippen LogP contribution is 2.27. The standard InChI is InChI=1S/C25H28FN5O2/c1-17-24(25(32)27-14-20-8-5-13-33-20)28-29-31(17)23-10-4-7-18-15-30(12-11-21(18)23)16-19-6-2-3-9-22(19)26/h2-4,6-7,9-10,20H,5,8,11-16H2,1H3,(H,27,32). The van der Waals surface area contributed by atoms with Crippen molar-refractivity contribution in [2.45, 2.75) is 45.4 Å². The second kappa shape index (κ2) is 9.41. The number of nitrogens with zero attached hydrogens (tertiary/aromatic N) is 4. The molecule has 1 amide bonds. The molecule has 1 aromatic heterocycles. The number of fused-ring (bicyclic) bond motifs is 1. The SMILES string of the molecule is Cc1c(C(=O)NCC2CCCO2)nnn1-c1cccc2c1CCN(Cc1ccccc1F)C2. The summed E-state index contributed by atoms with van der Waals surface area (Å²) in [5.41, 5.74) is 5.09. The first-order chi connectivity index (χ1) is 16.1. The molecule has 0 radical (unpaired) electrons. The summed E-state index contributed by atoms with van der Waals surface area (Å²) in [4.78, 5) is 14.9. The van der Waals surface area contributed by atoms with Crippen LogP contribution < -0.4 is 5.32 Å². The predicted octanol–water partition coefficient (Wildman–Crippen LogP) is 3.18. The van der Waals surface area contributed by atoms with Gasteiger partial charge in [-0.15, -0.1) is 5.10 Å². The van der Waals surface area contributed by atoms with E-state index in [1.165, 1.54) is 17.2 Å². The third-order valence-corrected chi connectivity index (χ3v) is 6.52. The molecule has 2 aliphatic heterocycles. The van der Waals surface area contributed by atoms with E-state index in [9.17, 15) is 9.18 Å². The van der Waals surface area contributed by atoms with Crippen molar-refractivity contribution in [2.75, 3.05) is 19.7 Å². The van der Waals surface area contributed by atoms with Gasteiger partial charge in [-0.05, 0) is 49.4 Å². The number of nitrogens with one attached hydrogen (secondary N) is 1. The van der Waals surface area contributed by atoms with E-state index in [1.54, 1.807) is 10.7 Å². The summed E-state index contributed by atoms with van der Waals surface area (Å²) in [6.07, 6.45) is 2.90. The van der Waals surface area contributed by atoms with E-state index in [1.807, 2.05) is 31.2 Å². The van der Waals surface area contributed by atoms with Crippen LogP contribution in [0.25, 0.3) is 5.69 Å². The third kappa shape index (κ3) is 4.54. The van der Waals surface area contributed by atoms with Crippen molar-refractivity contribution in [3.8, 4) is 5.69 Å². The van der Waals surface area contributed by atoms with Gasteiger partial charge in [-0.2, -0.15) is 0 Å². The highest BCUT2D eigenvalue weighted by atomic mass is 19.1. The minimum absolute atomic E-state index is 0.0813. The molecule has 1 unspecified atom stereocenters. The molecule has 3 heterocycles. The molecule has 2 aromatic carbocycles. The van der Waals surface area contributed by atoms with E-state index in [-0.39, 0.29) is 17.8 Å². The van der Waals surface area contributed by atoms with Gasteiger partial charge in [0, 0.05) is 38.3 Å². The molecule has 8 heteroatoms. The Morgan fingerprint density at radius 3 is 2.94 bits per heavy atom. The summed E-state index contributed by atoms with van der Waals surface area (Å²) in [6, 6.07) is 13.1. The van der Waals surface area contributed by atoms with Crippen LogP contribution in [-0.2, 0) is 24.2 Å². The monoisotopic (exact) mass is 449 g/mol. The molecule has 1 saturated heterocycles. The Morgan fingerprint density at radius 2 is 2.12 bits per heavy atom. The average Bonchev–Trinajstić information content (AvgIpc) is 3.48. The Kier molecular flexibility index (Phi) is 6.20. The maximum Gasteiger partial charge on any atom is 0.273 e. The fourth-order valence-electron chi connectivity index (χ4n) is 4.71. The quantitative estimate of drug-likeness (QED) is 0.626. The zero-order valence-corrected chi connectivity index (χ0v) is 18.8. The molecular formula is C25H28FN5O2. The largest absolute Gasteiger partial charge is 0.376 e. The second-order valence-corrected chi connectivity index (χ2v) is 8.75. The predicted molar refractivity (Wildman–Crippen MR) is 122 cm³/mol. The van der Waals surface area contributed by atoms with E-state index in [0.717, 1.165) is 44.6 Å². The highest BCUT2D eigenvalue weighted by molar-refractivity contribution is 5.93. The molecule has 3 aromatic rings. The van der Waals surface area contributed by atoms with Crippen molar-refractivity contribution in [3.63, 3.8) is 0 Å². The third-order valence-electron chi connectivity index (χ3n) is 6.52. The van der Waals surface area contributed by atoms with E-state index in [0.29, 0.717) is 30.0 Å². The van der Waals surface area contributed by atoms with Crippen LogP contribution in [0.3, 0.4) is 0 Å². The molecule has 0 bridgehead atoms. The fraction of sp³-hybridized carbons (Fsp3) is 0.400. The lowest BCUT2D eigenvalue weighted by molar-refractivity contribution is 0.0853. The smallest absolute Gasteiger partial charge is 0.273 e. The molecular weight excluding hydrogens is 421 g/mol. The zero-order valence-electron chi connectivity index (χ0n) is 18.8. The van der Waals surface area contributed by atoms with Crippen LogP contribution in [0.2, 0.25) is 0 Å². The van der Waals surface area contributed by atoms with Gasteiger partial charge in [-0.1, -0.05) is 35.5 Å². The van der Waals surface area contributed by atoms with Crippen LogP contribution in [0, 0.1) is 12.7 Å². The van der Waals surface area contributed by atoms with Gasteiger partial charge in [0.15, 0.2) is 5.69 Å². The molecule has 7 nitrogen and oxygen atoms in total. The Hall–Kier alpha value is -3.10. The van der Waals surface area contributed by atoms with E-state index in [2.05, 4.69) is 26.6 Å². The number of rotatable bonds is 6. The van der Waals surface area contributed by atoms with Crippen LogP contribution in [0.5, 0.6) is 0 Å². The fourth-order valence-corrected chi connectivity index (χ4v) is 4.71. The maximum atomic E-state index is 14.1. The van der Waals surface area contributed by atoms with E-state index < -0.39 is 0 Å². The van der Waals surface area contributed by atoms with Gasteiger partial charge < -0.3 is 10.1 Å².